The number of piperazine rings is 1. The van der Waals surface area contributed by atoms with E-state index in [-0.39, 0.29) is 18.4 Å². The lowest BCUT2D eigenvalue weighted by Crippen LogP contribution is -2.64. The van der Waals surface area contributed by atoms with Crippen LogP contribution in [0.4, 0.5) is 0 Å². The monoisotopic (exact) mass is 261 g/mol. The molecule has 1 saturated heterocycles. The number of hydrogen-bond acceptors (Lipinski definition) is 3. The highest BCUT2D eigenvalue weighted by Crippen LogP contribution is 2.19. The number of carbonyl (C=O) groups is 2. The molecule has 5 nitrogen and oxygen atoms in total. The van der Waals surface area contributed by atoms with Gasteiger partial charge in [-0.15, -0.1) is 0 Å². The van der Waals surface area contributed by atoms with Crippen LogP contribution in [0.5, 0.6) is 0 Å². The Labute approximate surface area is 113 Å². The summed E-state index contributed by atoms with van der Waals surface area (Å²) in [6.45, 7) is 6.05. The van der Waals surface area contributed by atoms with Gasteiger partial charge in [0.2, 0.25) is 11.8 Å². The summed E-state index contributed by atoms with van der Waals surface area (Å²) in [5.41, 5.74) is 0.922. The largest absolute Gasteiger partial charge is 0.340 e. The summed E-state index contributed by atoms with van der Waals surface area (Å²) in [6, 6.07) is 5.69. The van der Waals surface area contributed by atoms with Crippen molar-refractivity contribution in [3.8, 4) is 0 Å². The SMILES string of the molecule is CCC1(C)NC(=O)CN(Cc2cccc(C)n2)C1=O. The summed E-state index contributed by atoms with van der Waals surface area (Å²) in [6.07, 6.45) is 0.579. The van der Waals surface area contributed by atoms with Gasteiger partial charge in [-0.1, -0.05) is 13.0 Å². The fraction of sp³-hybridized carbons (Fsp3) is 0.500. The first-order valence-corrected chi connectivity index (χ1v) is 6.47. The number of pyridine rings is 1. The zero-order valence-corrected chi connectivity index (χ0v) is 11.6. The van der Waals surface area contributed by atoms with Crippen LogP contribution in [0.2, 0.25) is 0 Å². The lowest BCUT2D eigenvalue weighted by Gasteiger charge is -2.39. The maximum Gasteiger partial charge on any atom is 0.248 e. The van der Waals surface area contributed by atoms with Crippen molar-refractivity contribution in [3.05, 3.63) is 29.6 Å². The molecule has 1 aromatic heterocycles. The molecule has 2 rings (SSSR count). The van der Waals surface area contributed by atoms with E-state index < -0.39 is 5.54 Å². The third-order valence-electron chi connectivity index (χ3n) is 3.51. The number of rotatable bonds is 3. The number of nitrogens with one attached hydrogen (secondary N) is 1. The number of carbonyl (C=O) groups excluding carboxylic acids is 2. The first kappa shape index (κ1) is 13.5. The van der Waals surface area contributed by atoms with E-state index in [4.69, 9.17) is 0 Å². The first-order valence-electron chi connectivity index (χ1n) is 6.47. The summed E-state index contributed by atoms with van der Waals surface area (Å²) >= 11 is 0. The van der Waals surface area contributed by atoms with Crippen LogP contribution in [-0.4, -0.2) is 33.8 Å². The molecule has 1 N–H and O–H groups in total. The molecule has 1 fully saturated rings. The molecular formula is C14H19N3O2. The lowest BCUT2D eigenvalue weighted by atomic mass is 9.94. The average molecular weight is 261 g/mol. The quantitative estimate of drug-likeness (QED) is 0.883. The van der Waals surface area contributed by atoms with Crippen molar-refractivity contribution in [2.24, 2.45) is 0 Å². The Morgan fingerprint density at radius 3 is 2.79 bits per heavy atom. The molecule has 1 aromatic rings. The van der Waals surface area contributed by atoms with Crippen LogP contribution in [0.3, 0.4) is 0 Å². The van der Waals surface area contributed by atoms with E-state index in [1.165, 1.54) is 0 Å². The maximum absolute atomic E-state index is 12.4. The van der Waals surface area contributed by atoms with Crippen molar-refractivity contribution in [2.75, 3.05) is 6.54 Å². The van der Waals surface area contributed by atoms with E-state index in [0.717, 1.165) is 11.4 Å². The molecule has 102 valence electrons. The van der Waals surface area contributed by atoms with Crippen molar-refractivity contribution in [2.45, 2.75) is 39.3 Å². The van der Waals surface area contributed by atoms with E-state index in [0.29, 0.717) is 13.0 Å². The van der Waals surface area contributed by atoms with Crippen LogP contribution in [0, 0.1) is 6.92 Å². The summed E-state index contributed by atoms with van der Waals surface area (Å²) in [4.78, 5) is 30.1. The Kier molecular flexibility index (Phi) is 3.55. The minimum absolute atomic E-state index is 0.0436. The van der Waals surface area contributed by atoms with Crippen LogP contribution in [0.25, 0.3) is 0 Å². The molecule has 0 radical (unpaired) electrons. The van der Waals surface area contributed by atoms with E-state index in [9.17, 15) is 9.59 Å². The van der Waals surface area contributed by atoms with Crippen LogP contribution in [0.1, 0.15) is 31.7 Å². The molecule has 2 heterocycles. The molecule has 5 heteroatoms. The topological polar surface area (TPSA) is 62.3 Å². The smallest absolute Gasteiger partial charge is 0.248 e. The Morgan fingerprint density at radius 2 is 2.16 bits per heavy atom. The number of amides is 2. The molecule has 1 aliphatic rings. The van der Waals surface area contributed by atoms with Gasteiger partial charge in [-0.3, -0.25) is 14.6 Å². The van der Waals surface area contributed by atoms with Crippen molar-refractivity contribution in [1.82, 2.24) is 15.2 Å². The van der Waals surface area contributed by atoms with E-state index in [1.54, 1.807) is 11.8 Å². The summed E-state index contributed by atoms with van der Waals surface area (Å²) in [7, 11) is 0. The Morgan fingerprint density at radius 1 is 1.42 bits per heavy atom. The molecule has 0 aliphatic carbocycles. The molecule has 19 heavy (non-hydrogen) atoms. The fourth-order valence-electron chi connectivity index (χ4n) is 2.25. The van der Waals surface area contributed by atoms with Gasteiger partial charge in [0.05, 0.1) is 12.2 Å². The van der Waals surface area contributed by atoms with Crippen molar-refractivity contribution < 1.29 is 9.59 Å². The van der Waals surface area contributed by atoms with Gasteiger partial charge >= 0.3 is 0 Å². The molecule has 2 amide bonds. The molecule has 0 bridgehead atoms. The van der Waals surface area contributed by atoms with Gasteiger partial charge in [-0.05, 0) is 32.4 Å². The Balaban J connectivity index is 2.19. The maximum atomic E-state index is 12.4. The van der Waals surface area contributed by atoms with Gasteiger partial charge < -0.3 is 10.2 Å². The van der Waals surface area contributed by atoms with Gasteiger partial charge in [0.15, 0.2) is 0 Å². The van der Waals surface area contributed by atoms with Crippen LogP contribution >= 0.6 is 0 Å². The highest BCUT2D eigenvalue weighted by Gasteiger charge is 2.41. The molecule has 0 aromatic carbocycles. The molecule has 1 unspecified atom stereocenters. The van der Waals surface area contributed by atoms with Gasteiger partial charge in [-0.25, -0.2) is 0 Å². The van der Waals surface area contributed by atoms with Crippen LogP contribution in [-0.2, 0) is 16.1 Å². The van der Waals surface area contributed by atoms with E-state index >= 15 is 0 Å². The van der Waals surface area contributed by atoms with Gasteiger partial charge in [-0.2, -0.15) is 0 Å². The van der Waals surface area contributed by atoms with Crippen LogP contribution in [0.15, 0.2) is 18.2 Å². The van der Waals surface area contributed by atoms with Gasteiger partial charge in [0, 0.05) is 5.69 Å². The molecule has 1 aliphatic heterocycles. The second kappa shape index (κ2) is 4.99. The van der Waals surface area contributed by atoms with Gasteiger partial charge in [0.25, 0.3) is 0 Å². The number of aryl methyl sites for hydroxylation is 1. The van der Waals surface area contributed by atoms with Crippen molar-refractivity contribution in [3.63, 3.8) is 0 Å². The molecule has 0 spiro atoms. The Bertz CT molecular complexity index is 515. The predicted octanol–water partition coefficient (Wildman–Crippen LogP) is 1.02. The van der Waals surface area contributed by atoms with Crippen molar-refractivity contribution in [1.29, 1.82) is 0 Å². The fourth-order valence-corrected chi connectivity index (χ4v) is 2.25. The number of nitrogens with zero attached hydrogens (tertiary/aromatic N) is 2. The second-order valence-corrected chi connectivity index (χ2v) is 5.17. The summed E-state index contributed by atoms with van der Waals surface area (Å²) in [5, 5.41) is 2.77. The summed E-state index contributed by atoms with van der Waals surface area (Å²) in [5.74, 6) is -0.158. The minimum Gasteiger partial charge on any atom is -0.340 e. The van der Waals surface area contributed by atoms with E-state index in [2.05, 4.69) is 10.3 Å². The Hall–Kier alpha value is -1.91. The molecular weight excluding hydrogens is 242 g/mol. The van der Waals surface area contributed by atoms with Crippen LogP contribution < -0.4 is 5.32 Å². The minimum atomic E-state index is -0.793. The second-order valence-electron chi connectivity index (χ2n) is 5.17. The zero-order valence-electron chi connectivity index (χ0n) is 11.6. The normalized spacial score (nSPS) is 23.4. The molecule has 1 atom stereocenters. The van der Waals surface area contributed by atoms with Crippen molar-refractivity contribution >= 4 is 11.8 Å². The zero-order chi connectivity index (χ0) is 14.0. The standard InChI is InChI=1S/C14H19N3O2/c1-4-14(3)13(19)17(9-12(18)16-14)8-11-7-5-6-10(2)15-11/h5-7H,4,8-9H2,1-3H3,(H,16,18). The third kappa shape index (κ3) is 2.75. The lowest BCUT2D eigenvalue weighted by molar-refractivity contribution is -0.150. The van der Waals surface area contributed by atoms with E-state index in [1.807, 2.05) is 32.0 Å². The average Bonchev–Trinajstić information content (AvgIpc) is 2.35. The third-order valence-corrected chi connectivity index (χ3v) is 3.51. The molecule has 0 saturated carbocycles. The highest BCUT2D eigenvalue weighted by atomic mass is 16.2. The predicted molar refractivity (Wildman–Crippen MR) is 71.2 cm³/mol. The number of aromatic nitrogens is 1. The van der Waals surface area contributed by atoms with Gasteiger partial charge in [0.1, 0.15) is 12.1 Å². The number of hydrogen-bond donors (Lipinski definition) is 1. The first-order chi connectivity index (χ1) is 8.94. The summed E-state index contributed by atoms with van der Waals surface area (Å²) < 4.78 is 0. The highest BCUT2D eigenvalue weighted by molar-refractivity contribution is 5.97.